The second-order valence-electron chi connectivity index (χ2n) is 6.28. The average molecular weight is 270 g/mol. The van der Waals surface area contributed by atoms with E-state index in [2.05, 4.69) is 12.2 Å². The first-order valence-corrected chi connectivity index (χ1v) is 8.32. The monoisotopic (exact) mass is 270 g/mol. The van der Waals surface area contributed by atoms with E-state index in [0.29, 0.717) is 6.61 Å². The average Bonchev–Trinajstić information content (AvgIpc) is 2.63. The minimum atomic E-state index is 0.196. The smallest absolute Gasteiger partial charge is 0.0431 e. The van der Waals surface area contributed by atoms with Crippen molar-refractivity contribution < 1.29 is 5.11 Å². The van der Waals surface area contributed by atoms with Crippen LogP contribution in [-0.4, -0.2) is 30.3 Å². The first-order chi connectivity index (χ1) is 9.26. The molecule has 0 saturated heterocycles. The van der Waals surface area contributed by atoms with Crippen molar-refractivity contribution in [1.82, 2.24) is 5.32 Å². The third-order valence-electron chi connectivity index (χ3n) is 4.72. The van der Waals surface area contributed by atoms with Crippen molar-refractivity contribution in [1.29, 1.82) is 0 Å². The van der Waals surface area contributed by atoms with Gasteiger partial charge in [0.05, 0.1) is 0 Å². The standard InChI is InChI=1S/C16H34N2O/c1-2-7-15-8-6-10-16(14-17,11-9-15)18-12-4-3-5-13-19/h15,18-19H,2-14,17H2,1H3. The van der Waals surface area contributed by atoms with Crippen molar-refractivity contribution >= 4 is 0 Å². The topological polar surface area (TPSA) is 58.3 Å². The van der Waals surface area contributed by atoms with Crippen LogP contribution < -0.4 is 11.1 Å². The summed E-state index contributed by atoms with van der Waals surface area (Å²) in [4.78, 5) is 0. The van der Waals surface area contributed by atoms with E-state index in [1.54, 1.807) is 0 Å². The summed E-state index contributed by atoms with van der Waals surface area (Å²) < 4.78 is 0. The van der Waals surface area contributed by atoms with Crippen molar-refractivity contribution in [2.45, 2.75) is 76.7 Å². The van der Waals surface area contributed by atoms with Gasteiger partial charge in [-0.1, -0.05) is 32.6 Å². The Morgan fingerprint density at radius 1 is 1.21 bits per heavy atom. The Balaban J connectivity index is 2.33. The summed E-state index contributed by atoms with van der Waals surface area (Å²) in [5, 5.41) is 12.5. The molecular formula is C16H34N2O. The fourth-order valence-electron chi connectivity index (χ4n) is 3.40. The number of aliphatic hydroxyl groups excluding tert-OH is 1. The maximum atomic E-state index is 8.79. The number of nitrogens with two attached hydrogens (primary N) is 1. The highest BCUT2D eigenvalue weighted by Crippen LogP contribution is 2.32. The lowest BCUT2D eigenvalue weighted by Gasteiger charge is -2.33. The van der Waals surface area contributed by atoms with Gasteiger partial charge in [-0.05, 0) is 51.0 Å². The number of unbranched alkanes of at least 4 members (excludes halogenated alkanes) is 2. The summed E-state index contributed by atoms with van der Waals surface area (Å²) in [7, 11) is 0. The molecular weight excluding hydrogens is 236 g/mol. The van der Waals surface area contributed by atoms with E-state index in [0.717, 1.165) is 38.3 Å². The van der Waals surface area contributed by atoms with Crippen LogP contribution in [0.15, 0.2) is 0 Å². The van der Waals surface area contributed by atoms with Gasteiger partial charge in [0.15, 0.2) is 0 Å². The molecule has 0 aromatic heterocycles. The molecule has 1 aliphatic rings. The predicted molar refractivity (Wildman–Crippen MR) is 82.2 cm³/mol. The molecule has 1 saturated carbocycles. The Hall–Kier alpha value is -0.120. The van der Waals surface area contributed by atoms with Crippen LogP contribution in [0.1, 0.15) is 71.1 Å². The maximum absolute atomic E-state index is 8.79. The zero-order valence-corrected chi connectivity index (χ0v) is 12.8. The number of hydrogen-bond acceptors (Lipinski definition) is 3. The molecule has 2 unspecified atom stereocenters. The van der Waals surface area contributed by atoms with Gasteiger partial charge in [0.1, 0.15) is 0 Å². The Morgan fingerprint density at radius 3 is 2.74 bits per heavy atom. The number of hydrogen-bond donors (Lipinski definition) is 3. The molecule has 0 spiro atoms. The third-order valence-corrected chi connectivity index (χ3v) is 4.72. The Labute approximate surface area is 119 Å². The molecule has 114 valence electrons. The third kappa shape index (κ3) is 6.24. The second-order valence-corrected chi connectivity index (χ2v) is 6.28. The maximum Gasteiger partial charge on any atom is 0.0431 e. The molecule has 0 aromatic rings. The van der Waals surface area contributed by atoms with Gasteiger partial charge >= 0.3 is 0 Å². The summed E-state index contributed by atoms with van der Waals surface area (Å²) in [5.74, 6) is 0.926. The second kappa shape index (κ2) is 9.73. The zero-order chi connectivity index (χ0) is 14.0. The summed E-state index contributed by atoms with van der Waals surface area (Å²) in [5.41, 5.74) is 6.26. The van der Waals surface area contributed by atoms with Crippen LogP contribution in [0.4, 0.5) is 0 Å². The summed E-state index contributed by atoms with van der Waals surface area (Å²) in [6.07, 6.45) is 12.4. The first kappa shape index (κ1) is 16.9. The molecule has 1 rings (SSSR count). The number of rotatable bonds is 9. The van der Waals surface area contributed by atoms with Gasteiger partial charge in [0.2, 0.25) is 0 Å². The number of aliphatic hydroxyl groups is 1. The van der Waals surface area contributed by atoms with Crippen LogP contribution in [0.2, 0.25) is 0 Å². The highest BCUT2D eigenvalue weighted by molar-refractivity contribution is 4.91. The molecule has 0 aliphatic heterocycles. The van der Waals surface area contributed by atoms with Crippen molar-refractivity contribution in [3.05, 3.63) is 0 Å². The lowest BCUT2D eigenvalue weighted by molar-refractivity contribution is 0.270. The molecule has 0 radical (unpaired) electrons. The van der Waals surface area contributed by atoms with E-state index >= 15 is 0 Å². The first-order valence-electron chi connectivity index (χ1n) is 8.32. The van der Waals surface area contributed by atoms with Gasteiger partial charge in [-0.3, -0.25) is 0 Å². The molecule has 0 amide bonds. The van der Waals surface area contributed by atoms with Crippen molar-refractivity contribution in [2.24, 2.45) is 11.7 Å². The minimum Gasteiger partial charge on any atom is -0.396 e. The molecule has 3 heteroatoms. The minimum absolute atomic E-state index is 0.196. The highest BCUT2D eigenvalue weighted by Gasteiger charge is 2.30. The fraction of sp³-hybridized carbons (Fsp3) is 1.00. The van der Waals surface area contributed by atoms with Crippen molar-refractivity contribution in [3.63, 3.8) is 0 Å². The molecule has 0 heterocycles. The molecule has 0 bridgehead atoms. The molecule has 19 heavy (non-hydrogen) atoms. The zero-order valence-electron chi connectivity index (χ0n) is 12.8. The molecule has 1 aliphatic carbocycles. The van der Waals surface area contributed by atoms with Crippen LogP contribution in [0, 0.1) is 5.92 Å². The summed E-state index contributed by atoms with van der Waals surface area (Å²) in [6, 6.07) is 0. The molecule has 2 atom stereocenters. The van der Waals surface area contributed by atoms with Gasteiger partial charge in [0, 0.05) is 18.7 Å². The molecule has 4 N–H and O–H groups in total. The van der Waals surface area contributed by atoms with Crippen LogP contribution in [-0.2, 0) is 0 Å². The van der Waals surface area contributed by atoms with Crippen LogP contribution in [0.25, 0.3) is 0 Å². The summed E-state index contributed by atoms with van der Waals surface area (Å²) in [6.45, 7) is 4.43. The largest absolute Gasteiger partial charge is 0.396 e. The summed E-state index contributed by atoms with van der Waals surface area (Å²) >= 11 is 0. The van der Waals surface area contributed by atoms with Crippen molar-refractivity contribution in [3.8, 4) is 0 Å². The van der Waals surface area contributed by atoms with E-state index < -0.39 is 0 Å². The van der Waals surface area contributed by atoms with Gasteiger partial charge in [-0.15, -0.1) is 0 Å². The quantitative estimate of drug-likeness (QED) is 0.446. The predicted octanol–water partition coefficient (Wildman–Crippen LogP) is 2.82. The van der Waals surface area contributed by atoms with E-state index in [4.69, 9.17) is 10.8 Å². The van der Waals surface area contributed by atoms with E-state index in [1.165, 1.54) is 44.9 Å². The lowest BCUT2D eigenvalue weighted by atomic mass is 9.89. The van der Waals surface area contributed by atoms with Gasteiger partial charge in [0.25, 0.3) is 0 Å². The Kier molecular flexibility index (Phi) is 8.67. The van der Waals surface area contributed by atoms with E-state index in [9.17, 15) is 0 Å². The SMILES string of the molecule is CCCC1CCCC(CN)(NCCCCCO)CC1. The Morgan fingerprint density at radius 2 is 2.05 bits per heavy atom. The van der Waals surface area contributed by atoms with E-state index in [-0.39, 0.29) is 5.54 Å². The normalized spacial score (nSPS) is 28.3. The fourth-order valence-corrected chi connectivity index (χ4v) is 3.40. The Bertz CT molecular complexity index is 223. The highest BCUT2D eigenvalue weighted by atomic mass is 16.2. The molecule has 3 nitrogen and oxygen atoms in total. The van der Waals surface area contributed by atoms with Crippen LogP contribution in [0.5, 0.6) is 0 Å². The number of nitrogens with one attached hydrogen (secondary N) is 1. The molecule has 0 aromatic carbocycles. The van der Waals surface area contributed by atoms with Crippen molar-refractivity contribution in [2.75, 3.05) is 19.7 Å². The lowest BCUT2D eigenvalue weighted by Crippen LogP contribution is -2.51. The van der Waals surface area contributed by atoms with Crippen LogP contribution in [0.3, 0.4) is 0 Å². The van der Waals surface area contributed by atoms with Gasteiger partial charge < -0.3 is 16.2 Å². The van der Waals surface area contributed by atoms with E-state index in [1.807, 2.05) is 0 Å². The van der Waals surface area contributed by atoms with Gasteiger partial charge in [-0.25, -0.2) is 0 Å². The van der Waals surface area contributed by atoms with Crippen LogP contribution >= 0.6 is 0 Å². The molecule has 1 fully saturated rings. The van der Waals surface area contributed by atoms with Gasteiger partial charge in [-0.2, -0.15) is 0 Å².